The van der Waals surface area contributed by atoms with Crippen LogP contribution in [0.15, 0.2) is 48.5 Å². The Morgan fingerprint density at radius 1 is 1.07 bits per heavy atom. The summed E-state index contributed by atoms with van der Waals surface area (Å²) in [6, 6.07) is 12.3. The van der Waals surface area contributed by atoms with E-state index in [-0.39, 0.29) is 17.7 Å². The van der Waals surface area contributed by atoms with Gasteiger partial charge in [0.2, 0.25) is 5.91 Å². The zero-order chi connectivity index (χ0) is 20.8. The van der Waals surface area contributed by atoms with Crippen molar-refractivity contribution in [2.75, 3.05) is 20.2 Å². The van der Waals surface area contributed by atoms with Gasteiger partial charge < -0.3 is 15.0 Å². The Kier molecular flexibility index (Phi) is 6.59. The highest BCUT2D eigenvalue weighted by atomic mass is 19.1. The van der Waals surface area contributed by atoms with Crippen LogP contribution in [-0.2, 0) is 16.1 Å². The molecule has 0 aliphatic carbocycles. The average Bonchev–Trinajstić information content (AvgIpc) is 2.77. The van der Waals surface area contributed by atoms with Crippen molar-refractivity contribution in [3.63, 3.8) is 0 Å². The van der Waals surface area contributed by atoms with Crippen LogP contribution in [0.1, 0.15) is 39.1 Å². The van der Waals surface area contributed by atoms with Crippen molar-refractivity contribution in [1.29, 1.82) is 0 Å². The molecule has 1 N–H and O–H groups in total. The van der Waals surface area contributed by atoms with Gasteiger partial charge in [0.15, 0.2) is 0 Å². The van der Waals surface area contributed by atoms with E-state index in [1.165, 1.54) is 31.4 Å². The van der Waals surface area contributed by atoms with Crippen LogP contribution in [-0.4, -0.2) is 42.9 Å². The molecule has 3 rings (SSSR count). The Morgan fingerprint density at radius 2 is 1.72 bits per heavy atom. The van der Waals surface area contributed by atoms with Gasteiger partial charge in [-0.25, -0.2) is 9.18 Å². The van der Waals surface area contributed by atoms with Crippen LogP contribution in [0.25, 0.3) is 0 Å². The number of ether oxygens (including phenoxy) is 1. The summed E-state index contributed by atoms with van der Waals surface area (Å²) in [5.74, 6) is -1.40. The van der Waals surface area contributed by atoms with E-state index < -0.39 is 11.8 Å². The zero-order valence-electron chi connectivity index (χ0n) is 16.2. The molecule has 1 fully saturated rings. The summed E-state index contributed by atoms with van der Waals surface area (Å²) < 4.78 is 17.7. The second-order valence-corrected chi connectivity index (χ2v) is 7.00. The van der Waals surface area contributed by atoms with Crippen LogP contribution in [0, 0.1) is 11.7 Å². The average molecular weight is 398 g/mol. The standard InChI is InChI=1S/C22H23FN2O4/c1-29-22(28)17-6-4-15(5-7-17)13-24-20(26)18-3-2-12-25(14-18)21(27)16-8-10-19(23)11-9-16/h4-11,18H,2-3,12-14H2,1H3,(H,24,26). The molecule has 1 saturated heterocycles. The minimum Gasteiger partial charge on any atom is -0.465 e. The SMILES string of the molecule is COC(=O)c1ccc(CNC(=O)C2CCCN(C(=O)c3ccc(F)cc3)C2)cc1. The van der Waals surface area contributed by atoms with Crippen LogP contribution in [0.2, 0.25) is 0 Å². The predicted octanol–water partition coefficient (Wildman–Crippen LogP) is 2.78. The zero-order valence-corrected chi connectivity index (χ0v) is 16.2. The molecular weight excluding hydrogens is 375 g/mol. The number of benzene rings is 2. The molecule has 1 aliphatic rings. The topological polar surface area (TPSA) is 75.7 Å². The second kappa shape index (κ2) is 9.32. The first-order valence-electron chi connectivity index (χ1n) is 9.47. The fourth-order valence-electron chi connectivity index (χ4n) is 3.36. The summed E-state index contributed by atoms with van der Waals surface area (Å²) in [4.78, 5) is 38.3. The van der Waals surface area contributed by atoms with Gasteiger partial charge in [-0.05, 0) is 54.8 Å². The van der Waals surface area contributed by atoms with Gasteiger partial charge in [0.25, 0.3) is 5.91 Å². The Morgan fingerprint density at radius 3 is 2.38 bits per heavy atom. The molecule has 2 aromatic rings. The van der Waals surface area contributed by atoms with Crippen LogP contribution >= 0.6 is 0 Å². The highest BCUT2D eigenvalue weighted by Gasteiger charge is 2.28. The summed E-state index contributed by atoms with van der Waals surface area (Å²) in [6.45, 7) is 1.25. The number of esters is 1. The first kappa shape index (κ1) is 20.5. The first-order chi connectivity index (χ1) is 14.0. The highest BCUT2D eigenvalue weighted by molar-refractivity contribution is 5.94. The summed E-state index contributed by atoms with van der Waals surface area (Å²) in [5.41, 5.74) is 1.73. The van der Waals surface area contributed by atoms with Crippen molar-refractivity contribution < 1.29 is 23.5 Å². The lowest BCUT2D eigenvalue weighted by molar-refractivity contribution is -0.126. The summed E-state index contributed by atoms with van der Waals surface area (Å²) in [7, 11) is 1.32. The van der Waals surface area contributed by atoms with Gasteiger partial charge in [-0.1, -0.05) is 12.1 Å². The minimum atomic E-state index is -0.409. The molecule has 1 unspecified atom stereocenters. The molecule has 2 aromatic carbocycles. The number of rotatable bonds is 5. The Hall–Kier alpha value is -3.22. The van der Waals surface area contributed by atoms with Gasteiger partial charge in [-0.2, -0.15) is 0 Å². The van der Waals surface area contributed by atoms with Gasteiger partial charge in [0.05, 0.1) is 18.6 Å². The molecule has 1 aliphatic heterocycles. The lowest BCUT2D eigenvalue weighted by Crippen LogP contribution is -2.45. The van der Waals surface area contributed by atoms with Crippen molar-refractivity contribution in [3.8, 4) is 0 Å². The van der Waals surface area contributed by atoms with E-state index in [1.807, 2.05) is 0 Å². The monoisotopic (exact) mass is 398 g/mol. The van der Waals surface area contributed by atoms with Crippen molar-refractivity contribution in [3.05, 3.63) is 71.0 Å². The molecule has 7 heteroatoms. The Bertz CT molecular complexity index is 881. The third-order valence-electron chi connectivity index (χ3n) is 5.01. The quantitative estimate of drug-likeness (QED) is 0.786. The molecule has 6 nitrogen and oxygen atoms in total. The van der Waals surface area contributed by atoms with Gasteiger partial charge in [-0.3, -0.25) is 9.59 Å². The molecule has 0 bridgehead atoms. The molecule has 152 valence electrons. The smallest absolute Gasteiger partial charge is 0.337 e. The number of piperidine rings is 1. The van der Waals surface area contributed by atoms with Crippen molar-refractivity contribution in [1.82, 2.24) is 10.2 Å². The van der Waals surface area contributed by atoms with Crippen LogP contribution in [0.3, 0.4) is 0 Å². The molecule has 0 aromatic heterocycles. The first-order valence-corrected chi connectivity index (χ1v) is 9.47. The number of halogens is 1. The highest BCUT2D eigenvalue weighted by Crippen LogP contribution is 2.19. The fraction of sp³-hybridized carbons (Fsp3) is 0.318. The lowest BCUT2D eigenvalue weighted by atomic mass is 9.96. The van der Waals surface area contributed by atoms with E-state index in [4.69, 9.17) is 0 Å². The van der Waals surface area contributed by atoms with E-state index >= 15 is 0 Å². The molecule has 1 atom stereocenters. The fourth-order valence-corrected chi connectivity index (χ4v) is 3.36. The third-order valence-corrected chi connectivity index (χ3v) is 5.01. The van der Waals surface area contributed by atoms with Gasteiger partial charge in [-0.15, -0.1) is 0 Å². The Balaban J connectivity index is 1.54. The van der Waals surface area contributed by atoms with E-state index in [9.17, 15) is 18.8 Å². The van der Waals surface area contributed by atoms with Crippen molar-refractivity contribution in [2.24, 2.45) is 5.92 Å². The molecule has 0 radical (unpaired) electrons. The summed E-state index contributed by atoms with van der Waals surface area (Å²) in [6.07, 6.45) is 1.44. The van der Waals surface area contributed by atoms with Crippen LogP contribution in [0.4, 0.5) is 4.39 Å². The van der Waals surface area contributed by atoms with E-state index in [2.05, 4.69) is 10.1 Å². The normalized spacial score (nSPS) is 16.2. The Labute approximate surface area is 168 Å². The van der Waals surface area contributed by atoms with Crippen molar-refractivity contribution >= 4 is 17.8 Å². The van der Waals surface area contributed by atoms with Crippen molar-refractivity contribution in [2.45, 2.75) is 19.4 Å². The number of carbonyl (C=O) groups excluding carboxylic acids is 3. The maximum Gasteiger partial charge on any atom is 0.337 e. The number of carbonyl (C=O) groups is 3. The number of nitrogens with zero attached hydrogens (tertiary/aromatic N) is 1. The predicted molar refractivity (Wildman–Crippen MR) is 105 cm³/mol. The van der Waals surface area contributed by atoms with Gasteiger partial charge >= 0.3 is 5.97 Å². The molecule has 29 heavy (non-hydrogen) atoms. The van der Waals surface area contributed by atoms with E-state index in [0.717, 1.165) is 12.0 Å². The second-order valence-electron chi connectivity index (χ2n) is 7.00. The molecule has 1 heterocycles. The van der Waals surface area contributed by atoms with Gasteiger partial charge in [0.1, 0.15) is 5.82 Å². The number of hydrogen-bond acceptors (Lipinski definition) is 4. The number of likely N-dealkylation sites (tertiary alicyclic amines) is 1. The number of amides is 2. The largest absolute Gasteiger partial charge is 0.465 e. The lowest BCUT2D eigenvalue weighted by Gasteiger charge is -2.32. The number of hydrogen-bond donors (Lipinski definition) is 1. The van der Waals surface area contributed by atoms with E-state index in [0.29, 0.717) is 37.2 Å². The molecule has 0 spiro atoms. The molecule has 2 amide bonds. The van der Waals surface area contributed by atoms with E-state index in [1.54, 1.807) is 29.2 Å². The van der Waals surface area contributed by atoms with Crippen LogP contribution in [0.5, 0.6) is 0 Å². The maximum absolute atomic E-state index is 13.1. The number of nitrogens with one attached hydrogen (secondary N) is 1. The maximum atomic E-state index is 13.1. The van der Waals surface area contributed by atoms with Crippen LogP contribution < -0.4 is 5.32 Å². The summed E-state index contributed by atoms with van der Waals surface area (Å²) >= 11 is 0. The third kappa shape index (κ3) is 5.19. The number of methoxy groups -OCH3 is 1. The molecular formula is C22H23FN2O4. The molecule has 0 saturated carbocycles. The van der Waals surface area contributed by atoms with Gasteiger partial charge in [0, 0.05) is 25.2 Å². The minimum absolute atomic E-state index is 0.112. The summed E-state index contributed by atoms with van der Waals surface area (Å²) in [5, 5.41) is 2.90.